The Morgan fingerprint density at radius 3 is 2.33 bits per heavy atom. The highest BCUT2D eigenvalue weighted by molar-refractivity contribution is 5.21. The standard InChI is InChI=1S/C8H12FN.C2H6/c1-6(2)7-4-3-5-10-8(7)9;1-2/h3-6,8,10H,1-2H3;1-2H3. The van der Waals surface area contributed by atoms with E-state index in [1.54, 1.807) is 6.20 Å². The molecule has 1 N–H and O–H groups in total. The van der Waals surface area contributed by atoms with Crippen LogP contribution in [0.2, 0.25) is 0 Å². The second-order valence-electron chi connectivity index (χ2n) is 2.71. The molecule has 1 unspecified atom stereocenters. The van der Waals surface area contributed by atoms with E-state index < -0.39 is 6.30 Å². The number of hydrogen-bond donors (Lipinski definition) is 1. The highest BCUT2D eigenvalue weighted by Gasteiger charge is 2.15. The van der Waals surface area contributed by atoms with Gasteiger partial charge in [0.2, 0.25) is 0 Å². The van der Waals surface area contributed by atoms with Gasteiger partial charge >= 0.3 is 0 Å². The van der Waals surface area contributed by atoms with Crippen molar-refractivity contribution in [2.24, 2.45) is 5.92 Å². The van der Waals surface area contributed by atoms with Crippen molar-refractivity contribution in [2.75, 3.05) is 0 Å². The number of rotatable bonds is 1. The van der Waals surface area contributed by atoms with Crippen molar-refractivity contribution in [3.05, 3.63) is 23.9 Å². The zero-order valence-electron chi connectivity index (χ0n) is 8.26. The van der Waals surface area contributed by atoms with Crippen molar-refractivity contribution in [3.8, 4) is 0 Å². The molecule has 1 aliphatic heterocycles. The maximum Gasteiger partial charge on any atom is 0.192 e. The molecule has 12 heavy (non-hydrogen) atoms. The number of alkyl halides is 1. The molecule has 70 valence electrons. The molecule has 0 aliphatic carbocycles. The number of halogens is 1. The van der Waals surface area contributed by atoms with E-state index in [9.17, 15) is 4.39 Å². The van der Waals surface area contributed by atoms with Gasteiger partial charge in [0.15, 0.2) is 6.30 Å². The fraction of sp³-hybridized carbons (Fsp3) is 0.600. The summed E-state index contributed by atoms with van der Waals surface area (Å²) in [6, 6.07) is 0. The Kier molecular flexibility index (Phi) is 5.43. The Morgan fingerprint density at radius 2 is 2.00 bits per heavy atom. The van der Waals surface area contributed by atoms with Gasteiger partial charge in [-0.05, 0) is 23.8 Å². The van der Waals surface area contributed by atoms with Crippen LogP contribution in [0, 0.1) is 5.92 Å². The molecule has 1 atom stereocenters. The predicted octanol–water partition coefficient (Wildman–Crippen LogP) is 3.01. The van der Waals surface area contributed by atoms with E-state index in [0.717, 1.165) is 5.57 Å². The van der Waals surface area contributed by atoms with E-state index in [1.165, 1.54) is 0 Å². The topological polar surface area (TPSA) is 12.0 Å². The zero-order valence-corrected chi connectivity index (χ0v) is 8.26. The van der Waals surface area contributed by atoms with Crippen molar-refractivity contribution in [3.63, 3.8) is 0 Å². The summed E-state index contributed by atoms with van der Waals surface area (Å²) in [5.41, 5.74) is 0.822. The smallest absolute Gasteiger partial charge is 0.192 e. The molecule has 1 nitrogen and oxygen atoms in total. The summed E-state index contributed by atoms with van der Waals surface area (Å²) in [6.45, 7) is 7.97. The van der Waals surface area contributed by atoms with Crippen molar-refractivity contribution < 1.29 is 4.39 Å². The van der Waals surface area contributed by atoms with E-state index in [4.69, 9.17) is 0 Å². The lowest BCUT2D eigenvalue weighted by molar-refractivity contribution is 0.325. The van der Waals surface area contributed by atoms with Gasteiger partial charge in [-0.15, -0.1) is 0 Å². The second-order valence-corrected chi connectivity index (χ2v) is 2.71. The molecule has 1 rings (SSSR count). The Morgan fingerprint density at radius 1 is 1.42 bits per heavy atom. The zero-order chi connectivity index (χ0) is 9.56. The molecule has 0 spiro atoms. The SMILES string of the molecule is CC.CC(C)C1=CC=CNC1F. The van der Waals surface area contributed by atoms with E-state index >= 15 is 0 Å². The second kappa shape index (κ2) is 5.81. The molecule has 1 heterocycles. The molecular formula is C10H18FN. The van der Waals surface area contributed by atoms with Crippen LogP contribution in [0.4, 0.5) is 4.39 Å². The van der Waals surface area contributed by atoms with Gasteiger partial charge in [0.25, 0.3) is 0 Å². The lowest BCUT2D eigenvalue weighted by atomic mass is 10.0. The van der Waals surface area contributed by atoms with Crippen LogP contribution in [-0.4, -0.2) is 6.30 Å². The van der Waals surface area contributed by atoms with Crippen LogP contribution in [0.5, 0.6) is 0 Å². The molecule has 1 aliphatic rings. The molecular weight excluding hydrogens is 153 g/mol. The van der Waals surface area contributed by atoms with Gasteiger partial charge in [-0.1, -0.05) is 33.8 Å². The summed E-state index contributed by atoms with van der Waals surface area (Å²) in [7, 11) is 0. The third-order valence-corrected chi connectivity index (χ3v) is 1.59. The van der Waals surface area contributed by atoms with Crippen LogP contribution in [0.25, 0.3) is 0 Å². The van der Waals surface area contributed by atoms with E-state index in [0.29, 0.717) is 0 Å². The van der Waals surface area contributed by atoms with Gasteiger partial charge in [0, 0.05) is 0 Å². The van der Waals surface area contributed by atoms with Crippen LogP contribution >= 0.6 is 0 Å². The van der Waals surface area contributed by atoms with Crippen LogP contribution < -0.4 is 5.32 Å². The van der Waals surface area contributed by atoms with E-state index in [2.05, 4.69) is 5.32 Å². The lowest BCUT2D eigenvalue weighted by Gasteiger charge is -2.18. The molecule has 0 amide bonds. The van der Waals surface area contributed by atoms with Gasteiger partial charge in [-0.25, -0.2) is 4.39 Å². The van der Waals surface area contributed by atoms with E-state index in [1.807, 2.05) is 39.8 Å². The van der Waals surface area contributed by atoms with Crippen LogP contribution in [0.3, 0.4) is 0 Å². The summed E-state index contributed by atoms with van der Waals surface area (Å²) >= 11 is 0. The maximum atomic E-state index is 12.9. The molecule has 0 fully saturated rings. The Bertz CT molecular complexity index is 171. The van der Waals surface area contributed by atoms with Gasteiger partial charge in [0.1, 0.15) is 0 Å². The summed E-state index contributed by atoms with van der Waals surface area (Å²) in [5.74, 6) is 0.285. The molecule has 0 aromatic carbocycles. The first-order valence-electron chi connectivity index (χ1n) is 4.48. The number of allylic oxidation sites excluding steroid dienone is 2. The fourth-order valence-electron chi connectivity index (χ4n) is 0.965. The highest BCUT2D eigenvalue weighted by Crippen LogP contribution is 2.17. The van der Waals surface area contributed by atoms with Crippen molar-refractivity contribution in [1.82, 2.24) is 5.32 Å². The first-order valence-corrected chi connectivity index (χ1v) is 4.48. The average molecular weight is 171 g/mol. The molecule has 0 saturated heterocycles. The minimum atomic E-state index is -0.981. The first kappa shape index (κ1) is 11.2. The van der Waals surface area contributed by atoms with Gasteiger partial charge < -0.3 is 5.32 Å². The first-order chi connectivity index (χ1) is 5.72. The van der Waals surface area contributed by atoms with Gasteiger partial charge in [-0.3, -0.25) is 0 Å². The molecule has 2 heteroatoms. The van der Waals surface area contributed by atoms with Gasteiger partial charge in [-0.2, -0.15) is 0 Å². The minimum Gasteiger partial charge on any atom is -0.359 e. The highest BCUT2D eigenvalue weighted by atomic mass is 19.1. The van der Waals surface area contributed by atoms with Crippen molar-refractivity contribution in [2.45, 2.75) is 34.0 Å². The van der Waals surface area contributed by atoms with Crippen LogP contribution in [0.1, 0.15) is 27.7 Å². The summed E-state index contributed by atoms with van der Waals surface area (Å²) < 4.78 is 12.9. The van der Waals surface area contributed by atoms with Crippen LogP contribution in [-0.2, 0) is 0 Å². The predicted molar refractivity (Wildman–Crippen MR) is 51.4 cm³/mol. The molecule has 0 saturated carbocycles. The number of nitrogens with one attached hydrogen (secondary N) is 1. The minimum absolute atomic E-state index is 0.285. The molecule has 0 aromatic heterocycles. The maximum absolute atomic E-state index is 12.9. The largest absolute Gasteiger partial charge is 0.359 e. The summed E-state index contributed by atoms with van der Waals surface area (Å²) in [6.07, 6.45) is 4.29. The van der Waals surface area contributed by atoms with Crippen molar-refractivity contribution >= 4 is 0 Å². The Balaban J connectivity index is 0.000000561. The Labute approximate surface area is 74.4 Å². The van der Waals surface area contributed by atoms with Crippen molar-refractivity contribution in [1.29, 1.82) is 0 Å². The Hall–Kier alpha value is -0.790. The number of dihydropyridines is 1. The third kappa shape index (κ3) is 3.07. The average Bonchev–Trinajstić information content (AvgIpc) is 2.08. The summed E-state index contributed by atoms with van der Waals surface area (Å²) in [4.78, 5) is 0. The number of hydrogen-bond acceptors (Lipinski definition) is 1. The monoisotopic (exact) mass is 171 g/mol. The molecule has 0 bridgehead atoms. The normalized spacial score (nSPS) is 20.8. The fourth-order valence-corrected chi connectivity index (χ4v) is 0.965. The van der Waals surface area contributed by atoms with E-state index in [-0.39, 0.29) is 5.92 Å². The summed E-state index contributed by atoms with van der Waals surface area (Å²) in [5, 5.41) is 2.60. The van der Waals surface area contributed by atoms with Crippen LogP contribution in [0.15, 0.2) is 23.9 Å². The molecule has 0 radical (unpaired) electrons. The quantitative estimate of drug-likeness (QED) is 0.598. The third-order valence-electron chi connectivity index (χ3n) is 1.59. The lowest BCUT2D eigenvalue weighted by Crippen LogP contribution is -2.25. The molecule has 0 aromatic rings. The van der Waals surface area contributed by atoms with Gasteiger partial charge in [0.05, 0.1) is 0 Å².